The molecule has 1 fully saturated rings. The van der Waals surface area contributed by atoms with Crippen LogP contribution in [0.1, 0.15) is 50.4 Å². The lowest BCUT2D eigenvalue weighted by atomic mass is 9.96. The van der Waals surface area contributed by atoms with Gasteiger partial charge in [-0.3, -0.25) is 0 Å². The van der Waals surface area contributed by atoms with Crippen LogP contribution in [-0.4, -0.2) is 27.0 Å². The van der Waals surface area contributed by atoms with Crippen LogP contribution in [0.4, 0.5) is 0 Å². The minimum atomic E-state index is 0. The molecular weight excluding hydrogens is 367 g/mol. The van der Waals surface area contributed by atoms with Gasteiger partial charge in [-0.15, -0.1) is 24.0 Å². The van der Waals surface area contributed by atoms with Crippen LogP contribution in [0.25, 0.3) is 0 Å². The Morgan fingerprint density at radius 1 is 1.35 bits per heavy atom. The molecule has 114 valence electrons. The zero-order chi connectivity index (χ0) is 13.7. The molecule has 20 heavy (non-hydrogen) atoms. The third-order valence-corrected chi connectivity index (χ3v) is 3.56. The summed E-state index contributed by atoms with van der Waals surface area (Å²) in [7, 11) is 0. The standard InChI is InChI=1S/C13H24N6.HI/c1-3-19-17-10(2)12(18-19)9-15-13(14)16-11-7-5-4-6-8-11;/h11H,3-9H2,1-2H3,(H3,14,15,16);1H. The molecule has 1 aliphatic carbocycles. The molecule has 0 amide bonds. The first-order chi connectivity index (χ1) is 9.19. The third kappa shape index (κ3) is 4.92. The zero-order valence-corrected chi connectivity index (χ0v) is 14.6. The molecule has 3 N–H and O–H groups in total. The van der Waals surface area contributed by atoms with E-state index in [2.05, 4.69) is 20.5 Å². The fourth-order valence-electron chi connectivity index (χ4n) is 2.41. The molecule has 0 aliphatic heterocycles. The topological polar surface area (TPSA) is 81.1 Å². The predicted octanol–water partition coefficient (Wildman–Crippen LogP) is 1.96. The molecule has 0 bridgehead atoms. The molecule has 7 heteroatoms. The van der Waals surface area contributed by atoms with Gasteiger partial charge in [0.05, 0.1) is 18.8 Å². The highest BCUT2D eigenvalue weighted by Gasteiger charge is 2.13. The van der Waals surface area contributed by atoms with Gasteiger partial charge in [0.25, 0.3) is 0 Å². The number of aryl methyl sites for hydroxylation is 2. The van der Waals surface area contributed by atoms with Gasteiger partial charge in [0.2, 0.25) is 0 Å². The van der Waals surface area contributed by atoms with Crippen molar-refractivity contribution in [2.75, 3.05) is 0 Å². The van der Waals surface area contributed by atoms with Crippen LogP contribution in [-0.2, 0) is 13.1 Å². The average Bonchev–Trinajstić information content (AvgIpc) is 2.78. The SMILES string of the molecule is CCn1nc(C)c(CN=C(N)NC2CCCCC2)n1.I. The maximum absolute atomic E-state index is 5.93. The molecule has 0 spiro atoms. The Bertz CT molecular complexity index is 436. The van der Waals surface area contributed by atoms with E-state index in [4.69, 9.17) is 5.73 Å². The van der Waals surface area contributed by atoms with E-state index >= 15 is 0 Å². The van der Waals surface area contributed by atoms with Gasteiger partial charge in [0, 0.05) is 6.04 Å². The summed E-state index contributed by atoms with van der Waals surface area (Å²) in [6.45, 7) is 5.25. The summed E-state index contributed by atoms with van der Waals surface area (Å²) >= 11 is 0. The van der Waals surface area contributed by atoms with Crippen LogP contribution in [0.5, 0.6) is 0 Å². The Hall–Kier alpha value is -0.860. The number of nitrogens with zero attached hydrogens (tertiary/aromatic N) is 4. The fourth-order valence-corrected chi connectivity index (χ4v) is 2.41. The van der Waals surface area contributed by atoms with Gasteiger partial charge >= 0.3 is 0 Å². The number of hydrogen-bond donors (Lipinski definition) is 2. The first-order valence-electron chi connectivity index (χ1n) is 7.16. The number of nitrogens with two attached hydrogens (primary N) is 1. The van der Waals surface area contributed by atoms with Crippen LogP contribution < -0.4 is 11.1 Å². The van der Waals surface area contributed by atoms with Crippen molar-refractivity contribution in [1.29, 1.82) is 0 Å². The molecule has 1 aromatic rings. The Balaban J connectivity index is 0.00000200. The molecule has 1 heterocycles. The van der Waals surface area contributed by atoms with Crippen LogP contribution >= 0.6 is 24.0 Å². The first kappa shape index (κ1) is 17.2. The van der Waals surface area contributed by atoms with Crippen molar-refractivity contribution in [2.45, 2.75) is 65.1 Å². The molecule has 1 aromatic heterocycles. The van der Waals surface area contributed by atoms with E-state index in [1.807, 2.05) is 13.8 Å². The summed E-state index contributed by atoms with van der Waals surface area (Å²) < 4.78 is 0. The van der Waals surface area contributed by atoms with E-state index in [0.717, 1.165) is 17.9 Å². The average molecular weight is 392 g/mol. The van der Waals surface area contributed by atoms with Crippen molar-refractivity contribution >= 4 is 29.9 Å². The molecule has 0 saturated heterocycles. The number of halogens is 1. The van der Waals surface area contributed by atoms with E-state index in [-0.39, 0.29) is 24.0 Å². The summed E-state index contributed by atoms with van der Waals surface area (Å²) in [6, 6.07) is 0.491. The summed E-state index contributed by atoms with van der Waals surface area (Å²) in [5, 5.41) is 12.0. The lowest BCUT2D eigenvalue weighted by Crippen LogP contribution is -2.41. The number of nitrogens with one attached hydrogen (secondary N) is 1. The van der Waals surface area contributed by atoms with Gasteiger partial charge in [0.15, 0.2) is 5.96 Å². The highest BCUT2D eigenvalue weighted by atomic mass is 127. The number of aromatic nitrogens is 3. The summed E-state index contributed by atoms with van der Waals surface area (Å²) in [5.74, 6) is 0.525. The molecule has 6 nitrogen and oxygen atoms in total. The molecular formula is C13H25IN6. The largest absolute Gasteiger partial charge is 0.370 e. The smallest absolute Gasteiger partial charge is 0.189 e. The van der Waals surface area contributed by atoms with Crippen LogP contribution in [0, 0.1) is 6.92 Å². The summed E-state index contributed by atoms with van der Waals surface area (Å²) in [5.41, 5.74) is 7.75. The van der Waals surface area contributed by atoms with Crippen molar-refractivity contribution in [3.8, 4) is 0 Å². The quantitative estimate of drug-likeness (QED) is 0.466. The third-order valence-electron chi connectivity index (χ3n) is 3.56. The van der Waals surface area contributed by atoms with Crippen LogP contribution in [0.3, 0.4) is 0 Å². The van der Waals surface area contributed by atoms with Gasteiger partial charge in [-0.05, 0) is 26.7 Å². The zero-order valence-electron chi connectivity index (χ0n) is 12.3. The minimum Gasteiger partial charge on any atom is -0.370 e. The summed E-state index contributed by atoms with van der Waals surface area (Å²) in [4.78, 5) is 6.05. The highest BCUT2D eigenvalue weighted by molar-refractivity contribution is 14.0. The molecule has 0 atom stereocenters. The first-order valence-corrected chi connectivity index (χ1v) is 7.16. The molecule has 1 aliphatic rings. The molecule has 2 rings (SSSR count). The maximum atomic E-state index is 5.93. The second kappa shape index (κ2) is 8.43. The van der Waals surface area contributed by atoms with Crippen molar-refractivity contribution in [3.05, 3.63) is 11.4 Å². The van der Waals surface area contributed by atoms with E-state index < -0.39 is 0 Å². The lowest BCUT2D eigenvalue weighted by Gasteiger charge is -2.23. The molecule has 0 unspecified atom stereocenters. The Labute approximate surface area is 137 Å². The Morgan fingerprint density at radius 3 is 2.65 bits per heavy atom. The number of hydrogen-bond acceptors (Lipinski definition) is 3. The number of guanidine groups is 1. The van der Waals surface area contributed by atoms with Gasteiger partial charge in [0.1, 0.15) is 5.69 Å². The number of aliphatic imine (C=N–C) groups is 1. The van der Waals surface area contributed by atoms with Gasteiger partial charge in [-0.25, -0.2) is 4.99 Å². The fraction of sp³-hybridized carbons (Fsp3) is 0.769. The molecule has 1 saturated carbocycles. The van der Waals surface area contributed by atoms with E-state index in [1.165, 1.54) is 32.1 Å². The van der Waals surface area contributed by atoms with Crippen LogP contribution in [0.2, 0.25) is 0 Å². The summed E-state index contributed by atoms with van der Waals surface area (Å²) in [6.07, 6.45) is 6.31. The normalized spacial score (nSPS) is 16.8. The van der Waals surface area contributed by atoms with Crippen LogP contribution in [0.15, 0.2) is 4.99 Å². The van der Waals surface area contributed by atoms with Gasteiger partial charge < -0.3 is 11.1 Å². The highest BCUT2D eigenvalue weighted by Crippen LogP contribution is 2.17. The van der Waals surface area contributed by atoms with Crippen molar-refractivity contribution in [3.63, 3.8) is 0 Å². The Morgan fingerprint density at radius 2 is 2.05 bits per heavy atom. The molecule has 0 radical (unpaired) electrons. The van der Waals surface area contributed by atoms with E-state index in [1.54, 1.807) is 4.80 Å². The maximum Gasteiger partial charge on any atom is 0.189 e. The predicted molar refractivity (Wildman–Crippen MR) is 91.2 cm³/mol. The molecule has 0 aromatic carbocycles. The monoisotopic (exact) mass is 392 g/mol. The van der Waals surface area contributed by atoms with Crippen molar-refractivity contribution < 1.29 is 0 Å². The van der Waals surface area contributed by atoms with Crippen molar-refractivity contribution in [1.82, 2.24) is 20.3 Å². The second-order valence-corrected chi connectivity index (χ2v) is 5.10. The second-order valence-electron chi connectivity index (χ2n) is 5.10. The van der Waals surface area contributed by atoms with E-state index in [9.17, 15) is 0 Å². The Kier molecular flexibility index (Phi) is 7.25. The van der Waals surface area contributed by atoms with E-state index in [0.29, 0.717) is 18.5 Å². The van der Waals surface area contributed by atoms with Gasteiger partial charge in [-0.2, -0.15) is 15.0 Å². The van der Waals surface area contributed by atoms with Crippen molar-refractivity contribution in [2.24, 2.45) is 10.7 Å². The minimum absolute atomic E-state index is 0. The number of rotatable bonds is 4. The lowest BCUT2D eigenvalue weighted by molar-refractivity contribution is 0.412. The van der Waals surface area contributed by atoms with Gasteiger partial charge in [-0.1, -0.05) is 19.3 Å².